The van der Waals surface area contributed by atoms with E-state index in [0.717, 1.165) is 73.3 Å². The smallest absolute Gasteiger partial charge is 0.230 e. The normalized spacial score (nSPS) is 25.4. The largest absolute Gasteiger partial charge is 0.508 e. The maximum absolute atomic E-state index is 10.8. The second kappa shape index (κ2) is 24.5. The van der Waals surface area contributed by atoms with Gasteiger partial charge in [-0.25, -0.2) is 0 Å². The Bertz CT molecular complexity index is 1250. The third kappa shape index (κ3) is 12.5. The molecule has 0 saturated heterocycles. The Morgan fingerprint density at radius 1 is 0.868 bits per heavy atom. The Hall–Kier alpha value is -2.00. The number of aromatic hydroxyl groups is 1. The maximum Gasteiger partial charge on any atom is 0.230 e. The lowest BCUT2D eigenvalue weighted by atomic mass is 9.56. The summed E-state index contributed by atoms with van der Waals surface area (Å²) in [6, 6.07) is 5.54. The van der Waals surface area contributed by atoms with Crippen LogP contribution < -0.4 is 4.74 Å². The van der Waals surface area contributed by atoms with E-state index in [1.807, 2.05) is 36.9 Å². The second-order valence-corrected chi connectivity index (χ2v) is 17.0. The number of hydrogen-bond donors (Lipinski definition) is 3. The molecular weight excluding hydrogens is 683 g/mol. The first kappa shape index (κ1) is 43.7. The number of rotatable bonds is 29. The molecule has 1 saturated carbocycles. The summed E-state index contributed by atoms with van der Waals surface area (Å²) in [5, 5.41) is 35.0. The van der Waals surface area contributed by atoms with Crippen molar-refractivity contribution in [2.45, 2.75) is 166 Å². The maximum atomic E-state index is 10.8. The number of phenols is 1. The molecular formula is C45H73NO6S. The van der Waals surface area contributed by atoms with Gasteiger partial charge in [0.1, 0.15) is 18.1 Å². The van der Waals surface area contributed by atoms with Crippen molar-refractivity contribution in [3.8, 4) is 11.5 Å². The quantitative estimate of drug-likeness (QED) is 0.0425. The van der Waals surface area contributed by atoms with E-state index >= 15 is 0 Å². The van der Waals surface area contributed by atoms with E-state index in [1.54, 1.807) is 6.07 Å². The highest BCUT2D eigenvalue weighted by molar-refractivity contribution is 8.00. The van der Waals surface area contributed by atoms with Gasteiger partial charge in [0.05, 0.1) is 23.5 Å². The van der Waals surface area contributed by atoms with Crippen molar-refractivity contribution in [3.63, 3.8) is 0 Å². The first-order chi connectivity index (χ1) is 26.0. The van der Waals surface area contributed by atoms with E-state index in [9.17, 15) is 15.3 Å². The van der Waals surface area contributed by atoms with Gasteiger partial charge in [0.2, 0.25) is 5.79 Å². The fraction of sp³-hybridized carbons (Fsp3) is 0.756. The zero-order valence-corrected chi connectivity index (χ0v) is 34.1. The number of benzene rings is 1. The number of aliphatic hydroxyl groups excluding tert-OH is 2. The fourth-order valence-corrected chi connectivity index (χ4v) is 10.6. The molecule has 8 heteroatoms. The van der Waals surface area contributed by atoms with Crippen molar-refractivity contribution < 1.29 is 29.6 Å². The summed E-state index contributed by atoms with van der Waals surface area (Å²) < 4.78 is 14.1. The summed E-state index contributed by atoms with van der Waals surface area (Å²) >= 11 is 1.95. The number of unbranched alkanes of at least 4 members (excludes halogenated alkanes) is 15. The molecule has 4 rings (SSSR count). The van der Waals surface area contributed by atoms with Crippen LogP contribution in [0.4, 0.5) is 0 Å². The number of hydrogen-bond acceptors (Lipinski definition) is 8. The summed E-state index contributed by atoms with van der Waals surface area (Å²) in [4.78, 5) is 5.81. The van der Waals surface area contributed by atoms with Crippen molar-refractivity contribution in [1.29, 1.82) is 0 Å². The van der Waals surface area contributed by atoms with Gasteiger partial charge in [-0.3, -0.25) is 0 Å². The molecule has 1 aliphatic heterocycles. The number of thioether (sulfide) groups is 1. The molecule has 300 valence electrons. The standard InChI is InChI=1S/C45H73NO6S/c1-4-7-8-9-10-11-12-13-14-15-16-17-18-23-31-53-42-34-40(46-51-6-3)38-32-35(24-19-21-28-47)37(25-20-22-29-48)43-39-33-36(49)26-27-41(39)52-45(42,44(38)43)50-30-5-2/h5,26-27,32-33,35,37,42-44,47-49H,2,4,6-25,28-31,34H2,1,3H3/t35-,37+,42-,43+,44+,45+/m0/s1. The zero-order valence-electron chi connectivity index (χ0n) is 33.3. The average Bonchev–Trinajstić information content (AvgIpc) is 3.16. The first-order valence-electron chi connectivity index (χ1n) is 21.6. The van der Waals surface area contributed by atoms with Crippen LogP contribution >= 0.6 is 11.8 Å². The number of aliphatic hydroxyl groups is 2. The Labute approximate surface area is 326 Å². The van der Waals surface area contributed by atoms with Crippen LogP contribution in [0.5, 0.6) is 11.5 Å². The molecule has 1 aromatic rings. The van der Waals surface area contributed by atoms with E-state index in [-0.39, 0.29) is 47.9 Å². The van der Waals surface area contributed by atoms with Gasteiger partial charge in [0.25, 0.3) is 0 Å². The molecule has 3 N–H and O–H groups in total. The van der Waals surface area contributed by atoms with Gasteiger partial charge in [0, 0.05) is 31.1 Å². The molecule has 1 fully saturated rings. The number of nitrogens with zero attached hydrogens (tertiary/aromatic N) is 1. The molecule has 6 atom stereocenters. The SMILES string of the molecule is C=CCO[C@@]12Oc3ccc(O)cc3[C@H]3[C@H](CCCCO)[C@@H](CCCCO)C=C(C(=NOCC)C[C@@H]1SCCCCCCCCCCCCCCCC)[C@H]32. The zero-order chi connectivity index (χ0) is 37.7. The van der Waals surface area contributed by atoms with Gasteiger partial charge in [-0.15, -0.1) is 6.58 Å². The van der Waals surface area contributed by atoms with Gasteiger partial charge in [-0.1, -0.05) is 121 Å². The van der Waals surface area contributed by atoms with Gasteiger partial charge in [-0.05, 0) is 80.4 Å². The van der Waals surface area contributed by atoms with E-state index in [0.29, 0.717) is 19.6 Å². The highest BCUT2D eigenvalue weighted by Crippen LogP contribution is 2.62. The molecule has 7 nitrogen and oxygen atoms in total. The Morgan fingerprint density at radius 3 is 2.13 bits per heavy atom. The average molecular weight is 756 g/mol. The predicted octanol–water partition coefficient (Wildman–Crippen LogP) is 11.3. The summed E-state index contributed by atoms with van der Waals surface area (Å²) in [5.74, 6) is 1.46. The number of phenolic OH excluding ortho intramolecular Hbond substituents is 1. The number of allylic oxidation sites excluding steroid dienone is 1. The molecule has 0 bridgehead atoms. The predicted molar refractivity (Wildman–Crippen MR) is 221 cm³/mol. The van der Waals surface area contributed by atoms with Crippen LogP contribution in [0.1, 0.15) is 160 Å². The minimum Gasteiger partial charge on any atom is -0.508 e. The first-order valence-corrected chi connectivity index (χ1v) is 22.6. The highest BCUT2D eigenvalue weighted by atomic mass is 32.2. The van der Waals surface area contributed by atoms with Gasteiger partial charge >= 0.3 is 0 Å². The van der Waals surface area contributed by atoms with Crippen LogP contribution in [0.15, 0.2) is 47.7 Å². The molecule has 1 aromatic carbocycles. The molecule has 0 unspecified atom stereocenters. The molecule has 0 aromatic heterocycles. The van der Waals surface area contributed by atoms with E-state index in [2.05, 4.69) is 19.6 Å². The van der Waals surface area contributed by atoms with Crippen LogP contribution in [-0.2, 0) is 9.57 Å². The monoisotopic (exact) mass is 756 g/mol. The van der Waals surface area contributed by atoms with E-state index < -0.39 is 5.79 Å². The molecule has 1 heterocycles. The summed E-state index contributed by atoms with van der Waals surface area (Å²) in [5.41, 5.74) is 3.14. The van der Waals surface area contributed by atoms with Crippen molar-refractivity contribution >= 4 is 17.5 Å². The van der Waals surface area contributed by atoms with Gasteiger partial charge in [0.15, 0.2) is 0 Å². The topological polar surface area (TPSA) is 101 Å². The van der Waals surface area contributed by atoms with Crippen molar-refractivity contribution in [1.82, 2.24) is 0 Å². The Balaban J connectivity index is 1.52. The minimum atomic E-state index is -0.939. The van der Waals surface area contributed by atoms with Crippen LogP contribution in [0.25, 0.3) is 0 Å². The summed E-state index contributed by atoms with van der Waals surface area (Å²) in [7, 11) is 0. The van der Waals surface area contributed by atoms with Crippen LogP contribution in [-0.4, -0.2) is 64.2 Å². The van der Waals surface area contributed by atoms with Crippen LogP contribution in [0.2, 0.25) is 0 Å². The van der Waals surface area contributed by atoms with Gasteiger partial charge < -0.3 is 29.6 Å². The minimum absolute atomic E-state index is 0.0146. The molecule has 2 aliphatic carbocycles. The third-order valence-corrected chi connectivity index (χ3v) is 13.2. The lowest BCUT2D eigenvalue weighted by Gasteiger charge is -2.58. The number of ether oxygens (including phenoxy) is 2. The van der Waals surface area contributed by atoms with Crippen molar-refractivity contribution in [3.05, 3.63) is 48.1 Å². The number of fused-ring (bicyclic) bond motifs is 2. The fourth-order valence-electron chi connectivity index (χ4n) is 9.15. The molecule has 0 radical (unpaired) electrons. The molecule has 0 amide bonds. The highest BCUT2D eigenvalue weighted by Gasteiger charge is 2.63. The lowest BCUT2D eigenvalue weighted by Crippen LogP contribution is -2.64. The second-order valence-electron chi connectivity index (χ2n) is 15.7. The molecule has 0 spiro atoms. The summed E-state index contributed by atoms with van der Waals surface area (Å²) in [6.07, 6.45) is 29.0. The lowest BCUT2D eigenvalue weighted by molar-refractivity contribution is -0.223. The number of oxime groups is 1. The molecule has 53 heavy (non-hydrogen) atoms. The van der Waals surface area contributed by atoms with Gasteiger partial charge in [-0.2, -0.15) is 11.8 Å². The Morgan fingerprint density at radius 2 is 1.51 bits per heavy atom. The van der Waals surface area contributed by atoms with E-state index in [4.69, 9.17) is 19.5 Å². The van der Waals surface area contributed by atoms with Crippen molar-refractivity contribution in [2.24, 2.45) is 22.9 Å². The van der Waals surface area contributed by atoms with Crippen LogP contribution in [0.3, 0.4) is 0 Å². The third-order valence-electron chi connectivity index (χ3n) is 11.8. The summed E-state index contributed by atoms with van der Waals surface area (Å²) in [6.45, 7) is 9.51. The Kier molecular flexibility index (Phi) is 20.2. The van der Waals surface area contributed by atoms with E-state index in [1.165, 1.54) is 83.5 Å². The molecule has 3 aliphatic rings. The van der Waals surface area contributed by atoms with Crippen LogP contribution in [0, 0.1) is 17.8 Å². The van der Waals surface area contributed by atoms with Crippen molar-refractivity contribution in [2.75, 3.05) is 32.2 Å².